The molecule has 5 N–H and O–H groups in total. The molecule has 5 atom stereocenters. The molecule has 1 aliphatic heterocycles. The maximum Gasteiger partial charge on any atom is 0.326 e. The number of fused-ring (bicyclic) bond motifs is 1. The van der Waals surface area contributed by atoms with Crippen molar-refractivity contribution >= 4 is 28.9 Å². The molecule has 0 aliphatic carbocycles. The highest BCUT2D eigenvalue weighted by atomic mass is 16.6. The van der Waals surface area contributed by atoms with Crippen molar-refractivity contribution in [3.63, 3.8) is 0 Å². The zero-order valence-electron chi connectivity index (χ0n) is 14.3. The Morgan fingerprint density at radius 1 is 1.26 bits per heavy atom. The summed E-state index contributed by atoms with van der Waals surface area (Å²) in [5, 5.41) is 40.9. The van der Waals surface area contributed by atoms with Crippen molar-refractivity contribution in [3.05, 3.63) is 12.7 Å². The van der Waals surface area contributed by atoms with Gasteiger partial charge in [-0.2, -0.15) is 0 Å². The lowest BCUT2D eigenvalue weighted by molar-refractivity contribution is -0.144. The van der Waals surface area contributed by atoms with Crippen molar-refractivity contribution in [2.24, 2.45) is 0 Å². The number of nitrogens with zero attached hydrogens (tertiary/aromatic N) is 4. The molecule has 12 heteroatoms. The third-order valence-electron chi connectivity index (χ3n) is 4.36. The number of aliphatic carboxylic acids is 2. The highest BCUT2D eigenvalue weighted by molar-refractivity contribution is 5.88. The number of aliphatic hydroxyl groups is 2. The summed E-state index contributed by atoms with van der Waals surface area (Å²) in [5.41, 5.74) is 0.416. The number of aromatic nitrogens is 4. The van der Waals surface area contributed by atoms with Gasteiger partial charge in [0, 0.05) is 0 Å². The van der Waals surface area contributed by atoms with E-state index in [-0.39, 0.29) is 17.0 Å². The van der Waals surface area contributed by atoms with Gasteiger partial charge in [0.25, 0.3) is 0 Å². The van der Waals surface area contributed by atoms with Crippen molar-refractivity contribution in [2.75, 3.05) is 5.32 Å². The first kappa shape index (κ1) is 18.9. The molecule has 1 fully saturated rings. The maximum atomic E-state index is 11.3. The Balaban J connectivity index is 1.93. The summed E-state index contributed by atoms with van der Waals surface area (Å²) in [4.78, 5) is 34.3. The first-order valence-corrected chi connectivity index (χ1v) is 8.23. The van der Waals surface area contributed by atoms with Gasteiger partial charge in [-0.3, -0.25) is 9.36 Å². The van der Waals surface area contributed by atoms with Gasteiger partial charge < -0.3 is 30.5 Å². The van der Waals surface area contributed by atoms with Crippen molar-refractivity contribution < 1.29 is 34.8 Å². The monoisotopic (exact) mass is 381 g/mol. The van der Waals surface area contributed by atoms with E-state index in [2.05, 4.69) is 20.3 Å². The molecular weight excluding hydrogens is 362 g/mol. The van der Waals surface area contributed by atoms with Crippen LogP contribution >= 0.6 is 0 Å². The summed E-state index contributed by atoms with van der Waals surface area (Å²) in [6.45, 7) is 1.81. The van der Waals surface area contributed by atoms with Crippen LogP contribution in [-0.2, 0) is 14.3 Å². The lowest BCUT2D eigenvalue weighted by Gasteiger charge is -2.17. The lowest BCUT2D eigenvalue weighted by atomic mass is 10.1. The largest absolute Gasteiger partial charge is 0.481 e. The fourth-order valence-electron chi connectivity index (χ4n) is 2.98. The number of hydrogen-bond donors (Lipinski definition) is 5. The normalized spacial score (nSPS) is 26.2. The highest BCUT2D eigenvalue weighted by Crippen LogP contribution is 2.33. The molecular formula is C15H19N5O7. The van der Waals surface area contributed by atoms with E-state index >= 15 is 0 Å². The van der Waals surface area contributed by atoms with Crippen LogP contribution in [0.5, 0.6) is 0 Å². The molecule has 0 saturated carbocycles. The van der Waals surface area contributed by atoms with E-state index in [1.807, 2.05) is 6.92 Å². The molecule has 2 aromatic rings. The Morgan fingerprint density at radius 2 is 2.00 bits per heavy atom. The van der Waals surface area contributed by atoms with Gasteiger partial charge in [0.2, 0.25) is 0 Å². The number of anilines is 1. The van der Waals surface area contributed by atoms with Crippen LogP contribution < -0.4 is 5.32 Å². The molecule has 0 spiro atoms. The summed E-state index contributed by atoms with van der Waals surface area (Å²) in [6, 6.07) is -1.41. The molecule has 1 aliphatic rings. The van der Waals surface area contributed by atoms with Gasteiger partial charge in [0.15, 0.2) is 23.2 Å². The molecule has 0 radical (unpaired) electrons. The van der Waals surface area contributed by atoms with E-state index < -0.39 is 48.9 Å². The second-order valence-electron chi connectivity index (χ2n) is 6.13. The second kappa shape index (κ2) is 7.42. The van der Waals surface area contributed by atoms with Gasteiger partial charge in [-0.1, -0.05) is 6.92 Å². The van der Waals surface area contributed by atoms with Gasteiger partial charge >= 0.3 is 11.9 Å². The first-order chi connectivity index (χ1) is 12.8. The summed E-state index contributed by atoms with van der Waals surface area (Å²) in [7, 11) is 0. The van der Waals surface area contributed by atoms with Crippen LogP contribution in [0.15, 0.2) is 12.7 Å². The minimum absolute atomic E-state index is 0.0347. The van der Waals surface area contributed by atoms with Crippen molar-refractivity contribution in [1.82, 2.24) is 19.5 Å². The van der Waals surface area contributed by atoms with E-state index in [0.29, 0.717) is 6.42 Å². The Kier molecular flexibility index (Phi) is 5.21. The predicted molar refractivity (Wildman–Crippen MR) is 88.8 cm³/mol. The quantitative estimate of drug-likeness (QED) is 0.405. The van der Waals surface area contributed by atoms with E-state index in [1.165, 1.54) is 10.9 Å². The predicted octanol–water partition coefficient (Wildman–Crippen LogP) is -0.805. The standard InChI is InChI=1S/C15H19N5O7/c1-2-7-10(23)11(24)14(27-7)20-5-18-9-12(16-4-17-13(9)20)19-6(15(25)26)3-8(21)22/h4-7,10-11,14,23-24H,2-3H2,1H3,(H,21,22)(H,25,26)(H,16,17,19)/t6-,7?,10-,11-,14-/m0/s1. The minimum Gasteiger partial charge on any atom is -0.481 e. The maximum absolute atomic E-state index is 11.3. The third-order valence-corrected chi connectivity index (χ3v) is 4.36. The number of carbonyl (C=O) groups is 2. The van der Waals surface area contributed by atoms with Crippen LogP contribution in [0.25, 0.3) is 11.2 Å². The van der Waals surface area contributed by atoms with Crippen LogP contribution in [0.2, 0.25) is 0 Å². The van der Waals surface area contributed by atoms with Gasteiger partial charge in [-0.05, 0) is 6.42 Å². The Labute approximate surface area is 152 Å². The summed E-state index contributed by atoms with van der Waals surface area (Å²) in [6.07, 6.45) is -1.41. The van der Waals surface area contributed by atoms with Crippen LogP contribution in [0.3, 0.4) is 0 Å². The lowest BCUT2D eigenvalue weighted by Crippen LogP contribution is -2.32. The molecule has 27 heavy (non-hydrogen) atoms. The van der Waals surface area contributed by atoms with Gasteiger partial charge in [0.1, 0.15) is 24.6 Å². The van der Waals surface area contributed by atoms with Gasteiger partial charge in [0.05, 0.1) is 18.9 Å². The van der Waals surface area contributed by atoms with Crippen molar-refractivity contribution in [3.8, 4) is 0 Å². The van der Waals surface area contributed by atoms with E-state index in [1.54, 1.807) is 0 Å². The van der Waals surface area contributed by atoms with Crippen molar-refractivity contribution in [2.45, 2.75) is 50.3 Å². The Morgan fingerprint density at radius 3 is 2.59 bits per heavy atom. The number of rotatable bonds is 7. The number of aliphatic hydroxyl groups excluding tert-OH is 2. The van der Waals surface area contributed by atoms with E-state index in [0.717, 1.165) is 6.33 Å². The molecule has 2 aromatic heterocycles. The average Bonchev–Trinajstić information content (AvgIpc) is 3.16. The van der Waals surface area contributed by atoms with Gasteiger partial charge in [-0.15, -0.1) is 0 Å². The summed E-state index contributed by atoms with van der Waals surface area (Å²) >= 11 is 0. The number of ether oxygens (including phenoxy) is 1. The molecule has 146 valence electrons. The fourth-order valence-corrected chi connectivity index (χ4v) is 2.98. The third kappa shape index (κ3) is 3.54. The minimum atomic E-state index is -1.41. The number of hydrogen-bond acceptors (Lipinski definition) is 9. The number of carboxylic acids is 2. The number of imidazole rings is 1. The van der Waals surface area contributed by atoms with Gasteiger partial charge in [-0.25, -0.2) is 19.7 Å². The zero-order chi connectivity index (χ0) is 19.7. The first-order valence-electron chi connectivity index (χ1n) is 8.23. The Hall–Kier alpha value is -2.83. The highest BCUT2D eigenvalue weighted by Gasteiger charge is 2.43. The topological polar surface area (TPSA) is 180 Å². The second-order valence-corrected chi connectivity index (χ2v) is 6.13. The molecule has 3 heterocycles. The molecule has 12 nitrogen and oxygen atoms in total. The number of carboxylic acid groups (broad SMARTS) is 2. The average molecular weight is 381 g/mol. The van der Waals surface area contributed by atoms with Crippen LogP contribution in [-0.4, -0.2) is 76.2 Å². The molecule has 1 saturated heterocycles. The molecule has 0 bridgehead atoms. The molecule has 3 rings (SSSR count). The fraction of sp³-hybridized carbons (Fsp3) is 0.533. The number of nitrogens with one attached hydrogen (secondary N) is 1. The van der Waals surface area contributed by atoms with Crippen LogP contribution in [0.4, 0.5) is 5.82 Å². The molecule has 0 amide bonds. The van der Waals surface area contributed by atoms with Crippen LogP contribution in [0, 0.1) is 0 Å². The SMILES string of the molecule is CCC1O[C@H](n2cnc3c(N[C@@H](CC(=O)O)C(=O)O)ncnc32)[C@@H](O)[C@H]1O. The van der Waals surface area contributed by atoms with Crippen LogP contribution in [0.1, 0.15) is 26.0 Å². The zero-order valence-corrected chi connectivity index (χ0v) is 14.3. The smallest absolute Gasteiger partial charge is 0.326 e. The Bertz CT molecular complexity index is 856. The van der Waals surface area contributed by atoms with E-state index in [9.17, 15) is 24.9 Å². The molecule has 1 unspecified atom stereocenters. The summed E-state index contributed by atoms with van der Waals surface area (Å²) < 4.78 is 7.09. The summed E-state index contributed by atoms with van der Waals surface area (Å²) in [5.74, 6) is -2.60. The van der Waals surface area contributed by atoms with Crippen molar-refractivity contribution in [1.29, 1.82) is 0 Å². The molecule has 0 aromatic carbocycles. The van der Waals surface area contributed by atoms with E-state index in [4.69, 9.17) is 9.84 Å².